The van der Waals surface area contributed by atoms with E-state index in [0.717, 1.165) is 56.9 Å². The van der Waals surface area contributed by atoms with Crippen LogP contribution >= 0.6 is 0 Å². The average molecular weight is 620 g/mol. The summed E-state index contributed by atoms with van der Waals surface area (Å²) in [5.74, 6) is -1.63. The first-order chi connectivity index (χ1) is 21.9. The minimum absolute atomic E-state index is 0.0553. The molecular formula is C37H53N3O5. The number of benzene rings is 1. The van der Waals surface area contributed by atoms with Crippen molar-refractivity contribution < 1.29 is 24.2 Å². The third-order valence-electron chi connectivity index (χ3n) is 11.0. The summed E-state index contributed by atoms with van der Waals surface area (Å²) in [6, 6.07) is 9.25. The van der Waals surface area contributed by atoms with Crippen molar-refractivity contribution in [1.29, 1.82) is 0 Å². The SMILES string of the molecule is C=CCN(Cc1ccccc1)C(=O)[C@@H]1[C@H]2C(=O)N(CCCCCCO)C(C(=O)N(CC=C)C3CCCCC3)C23CC[C@@]1(CC)O3. The molecule has 1 aromatic rings. The maximum atomic E-state index is 14.9. The van der Waals surface area contributed by atoms with Crippen LogP contribution in [0, 0.1) is 11.8 Å². The van der Waals surface area contributed by atoms with Gasteiger partial charge >= 0.3 is 0 Å². The molecule has 0 aromatic heterocycles. The van der Waals surface area contributed by atoms with Gasteiger partial charge in [-0.25, -0.2) is 0 Å². The number of ether oxygens (including phenoxy) is 1. The molecule has 3 amide bonds. The molecule has 1 spiro atoms. The fraction of sp³-hybridized carbons (Fsp3) is 0.649. The zero-order valence-corrected chi connectivity index (χ0v) is 27.2. The monoisotopic (exact) mass is 619 g/mol. The Morgan fingerprint density at radius 3 is 2.38 bits per heavy atom. The van der Waals surface area contributed by atoms with E-state index in [1.807, 2.05) is 42.2 Å². The Morgan fingerprint density at radius 2 is 1.71 bits per heavy atom. The molecule has 4 aliphatic rings. The molecule has 1 N–H and O–H groups in total. The van der Waals surface area contributed by atoms with Gasteiger partial charge in [-0.2, -0.15) is 0 Å². The maximum Gasteiger partial charge on any atom is 0.248 e. The van der Waals surface area contributed by atoms with Crippen molar-refractivity contribution in [2.45, 2.75) is 114 Å². The van der Waals surface area contributed by atoms with Crippen molar-refractivity contribution in [2.24, 2.45) is 11.8 Å². The third kappa shape index (κ3) is 6.25. The molecule has 2 unspecified atom stereocenters. The third-order valence-corrected chi connectivity index (χ3v) is 11.0. The Balaban J connectivity index is 1.52. The second-order valence-electron chi connectivity index (χ2n) is 13.6. The van der Waals surface area contributed by atoms with E-state index in [9.17, 15) is 19.5 Å². The zero-order chi connectivity index (χ0) is 32.0. The first-order valence-corrected chi connectivity index (χ1v) is 17.3. The minimum Gasteiger partial charge on any atom is -0.396 e. The lowest BCUT2D eigenvalue weighted by Crippen LogP contribution is -2.58. The molecule has 1 aliphatic carbocycles. The van der Waals surface area contributed by atoms with Gasteiger partial charge in [-0.15, -0.1) is 13.2 Å². The molecule has 1 aromatic carbocycles. The van der Waals surface area contributed by atoms with E-state index in [0.29, 0.717) is 45.4 Å². The van der Waals surface area contributed by atoms with Crippen LogP contribution in [0.1, 0.15) is 89.5 Å². The average Bonchev–Trinajstić information content (AvgIpc) is 3.67. The van der Waals surface area contributed by atoms with Crippen LogP contribution in [0.4, 0.5) is 0 Å². The maximum absolute atomic E-state index is 14.9. The van der Waals surface area contributed by atoms with Crippen LogP contribution in [0.25, 0.3) is 0 Å². The van der Waals surface area contributed by atoms with Gasteiger partial charge in [-0.1, -0.05) is 81.5 Å². The second-order valence-corrected chi connectivity index (χ2v) is 13.6. The number of hydrogen-bond donors (Lipinski definition) is 1. The van der Waals surface area contributed by atoms with E-state index in [2.05, 4.69) is 13.2 Å². The zero-order valence-electron chi connectivity index (χ0n) is 27.2. The topological polar surface area (TPSA) is 90.4 Å². The summed E-state index contributed by atoms with van der Waals surface area (Å²) in [7, 11) is 0. The summed E-state index contributed by atoms with van der Waals surface area (Å²) in [5.41, 5.74) is -0.802. The summed E-state index contributed by atoms with van der Waals surface area (Å²) < 4.78 is 7.09. The predicted octanol–water partition coefficient (Wildman–Crippen LogP) is 5.26. The quantitative estimate of drug-likeness (QED) is 0.202. The van der Waals surface area contributed by atoms with Crippen molar-refractivity contribution >= 4 is 17.7 Å². The van der Waals surface area contributed by atoms with Gasteiger partial charge in [-0.05, 0) is 50.5 Å². The Hall–Kier alpha value is -2.97. The molecule has 45 heavy (non-hydrogen) atoms. The van der Waals surface area contributed by atoms with Crippen LogP contribution < -0.4 is 0 Å². The molecule has 246 valence electrons. The highest BCUT2D eigenvalue weighted by Crippen LogP contribution is 2.64. The van der Waals surface area contributed by atoms with E-state index < -0.39 is 29.1 Å². The van der Waals surface area contributed by atoms with Crippen molar-refractivity contribution in [3.63, 3.8) is 0 Å². The van der Waals surface area contributed by atoms with Gasteiger partial charge in [0.05, 0.1) is 17.4 Å². The van der Waals surface area contributed by atoms with Crippen molar-refractivity contribution in [2.75, 3.05) is 26.2 Å². The molecule has 5 rings (SSSR count). The van der Waals surface area contributed by atoms with Crippen LogP contribution in [0.15, 0.2) is 55.6 Å². The first kappa shape index (κ1) is 33.4. The van der Waals surface area contributed by atoms with E-state index in [-0.39, 0.29) is 30.4 Å². The number of amides is 3. The summed E-state index contributed by atoms with van der Waals surface area (Å²) >= 11 is 0. The van der Waals surface area contributed by atoms with Crippen molar-refractivity contribution in [3.8, 4) is 0 Å². The van der Waals surface area contributed by atoms with Crippen LogP contribution in [0.5, 0.6) is 0 Å². The standard InChI is InChI=1S/C37H53N3O5/c1-4-23-38(27-28-17-11-9-12-18-28)33(42)30-31-34(43)40(25-15-7-8-16-26-41)32(37(31)22-21-36(30,6-3)45-37)35(44)39(24-5-2)29-19-13-10-14-20-29/h4-5,9,11-12,17-18,29-32,41H,1-2,6-8,10,13-16,19-27H2,3H3/t30-,31-,32?,36+,37?/m0/s1. The highest BCUT2D eigenvalue weighted by atomic mass is 16.5. The fourth-order valence-electron chi connectivity index (χ4n) is 8.86. The fourth-order valence-corrected chi connectivity index (χ4v) is 8.86. The van der Waals surface area contributed by atoms with Gasteiger partial charge in [0, 0.05) is 38.8 Å². The van der Waals surface area contributed by atoms with Crippen LogP contribution in [0.3, 0.4) is 0 Å². The van der Waals surface area contributed by atoms with Gasteiger partial charge in [0.25, 0.3) is 0 Å². The minimum atomic E-state index is -1.03. The van der Waals surface area contributed by atoms with Crippen molar-refractivity contribution in [3.05, 3.63) is 61.2 Å². The molecule has 1 saturated carbocycles. The van der Waals surface area contributed by atoms with Gasteiger partial charge in [-0.3, -0.25) is 14.4 Å². The second kappa shape index (κ2) is 14.6. The van der Waals surface area contributed by atoms with Crippen molar-refractivity contribution in [1.82, 2.24) is 14.7 Å². The number of likely N-dealkylation sites (tertiary alicyclic amines) is 1. The molecular weight excluding hydrogens is 566 g/mol. The van der Waals surface area contributed by atoms with Gasteiger partial charge < -0.3 is 24.5 Å². The number of fused-ring (bicyclic) bond motifs is 1. The summed E-state index contributed by atoms with van der Waals surface area (Å²) in [4.78, 5) is 49.8. The predicted molar refractivity (Wildman–Crippen MR) is 175 cm³/mol. The number of aliphatic hydroxyl groups excluding tert-OH is 1. The number of unbranched alkanes of at least 4 members (excludes halogenated alkanes) is 3. The largest absolute Gasteiger partial charge is 0.396 e. The van der Waals surface area contributed by atoms with Gasteiger partial charge in [0.2, 0.25) is 17.7 Å². The van der Waals surface area contributed by atoms with E-state index >= 15 is 0 Å². The lowest BCUT2D eigenvalue weighted by atomic mass is 9.64. The van der Waals surface area contributed by atoms with E-state index in [4.69, 9.17) is 4.74 Å². The lowest BCUT2D eigenvalue weighted by Gasteiger charge is -2.41. The van der Waals surface area contributed by atoms with Gasteiger partial charge in [0.1, 0.15) is 11.6 Å². The molecule has 3 aliphatic heterocycles. The Labute approximate surface area is 269 Å². The summed E-state index contributed by atoms with van der Waals surface area (Å²) in [6.45, 7) is 11.7. The Kier molecular flexibility index (Phi) is 10.9. The first-order valence-electron chi connectivity index (χ1n) is 17.3. The smallest absolute Gasteiger partial charge is 0.248 e. The summed E-state index contributed by atoms with van der Waals surface area (Å²) in [5, 5.41) is 9.27. The number of nitrogens with zero attached hydrogens (tertiary/aromatic N) is 3. The number of hydrogen-bond acceptors (Lipinski definition) is 5. The van der Waals surface area contributed by atoms with Crippen LogP contribution in [-0.2, 0) is 25.7 Å². The highest BCUT2D eigenvalue weighted by Gasteiger charge is 2.79. The molecule has 8 heteroatoms. The molecule has 8 nitrogen and oxygen atoms in total. The Morgan fingerprint density at radius 1 is 1.00 bits per heavy atom. The lowest BCUT2D eigenvalue weighted by molar-refractivity contribution is -0.156. The van der Waals surface area contributed by atoms with E-state index in [1.54, 1.807) is 22.0 Å². The highest BCUT2D eigenvalue weighted by molar-refractivity contribution is 5.99. The van der Waals surface area contributed by atoms with Gasteiger partial charge in [0.15, 0.2) is 0 Å². The molecule has 4 fully saturated rings. The summed E-state index contributed by atoms with van der Waals surface area (Å²) in [6.07, 6.45) is 13.8. The molecule has 5 atom stereocenters. The molecule has 3 heterocycles. The van der Waals surface area contributed by atoms with Crippen LogP contribution in [-0.4, -0.2) is 87.1 Å². The number of aliphatic hydroxyl groups is 1. The molecule has 2 bridgehead atoms. The van der Waals surface area contributed by atoms with E-state index in [1.165, 1.54) is 6.42 Å². The van der Waals surface area contributed by atoms with Crippen LogP contribution in [0.2, 0.25) is 0 Å². The normalized spacial score (nSPS) is 29.1. The Bertz CT molecular complexity index is 1220. The number of carbonyl (C=O) groups excluding carboxylic acids is 3. The molecule has 3 saturated heterocycles. The number of carbonyl (C=O) groups is 3. The molecule has 0 radical (unpaired) electrons. The number of rotatable bonds is 16.